The number of hydrogen-bond donors (Lipinski definition) is 2. The second-order valence-electron chi connectivity index (χ2n) is 5.44. The topological polar surface area (TPSA) is 39.7 Å². The summed E-state index contributed by atoms with van der Waals surface area (Å²) in [5, 5.41) is 7.53. The molecule has 0 aliphatic heterocycles. The highest BCUT2D eigenvalue weighted by atomic mass is 127. The van der Waals surface area contributed by atoms with E-state index in [9.17, 15) is 0 Å². The summed E-state index contributed by atoms with van der Waals surface area (Å²) in [6, 6.07) is 8.67. The summed E-state index contributed by atoms with van der Waals surface area (Å²) in [6.45, 7) is 5.08. The summed E-state index contributed by atoms with van der Waals surface area (Å²) >= 11 is 5.96. The van der Waals surface area contributed by atoms with Gasteiger partial charge in [0.15, 0.2) is 5.96 Å². The lowest BCUT2D eigenvalue weighted by atomic mass is 10.1. The molecule has 0 saturated heterocycles. The van der Waals surface area contributed by atoms with Crippen LogP contribution in [0.1, 0.15) is 31.9 Å². The second-order valence-corrected chi connectivity index (χ2v) is 5.87. The van der Waals surface area contributed by atoms with Crippen molar-refractivity contribution in [2.75, 3.05) is 27.7 Å². The molecule has 0 aromatic heterocycles. The first-order chi connectivity index (χ1) is 9.97. The lowest BCUT2D eigenvalue weighted by Crippen LogP contribution is -2.44. The van der Waals surface area contributed by atoms with Crippen molar-refractivity contribution in [1.29, 1.82) is 0 Å². The second kappa shape index (κ2) is 11.1. The van der Waals surface area contributed by atoms with Crippen molar-refractivity contribution < 1.29 is 0 Å². The van der Waals surface area contributed by atoms with E-state index in [1.807, 2.05) is 12.1 Å². The number of benzene rings is 1. The molecule has 1 aromatic carbocycles. The number of hydrogen-bond acceptors (Lipinski definition) is 2. The number of halogens is 2. The normalized spacial score (nSPS) is 14.2. The number of likely N-dealkylation sites (N-methyl/N-ethyl adjacent to an activating group) is 1. The van der Waals surface area contributed by atoms with Gasteiger partial charge >= 0.3 is 0 Å². The van der Waals surface area contributed by atoms with Crippen molar-refractivity contribution in [3.63, 3.8) is 0 Å². The summed E-state index contributed by atoms with van der Waals surface area (Å²) in [7, 11) is 5.95. The van der Waals surface area contributed by atoms with Gasteiger partial charge in [0.2, 0.25) is 0 Å². The zero-order valence-electron chi connectivity index (χ0n) is 14.1. The van der Waals surface area contributed by atoms with Gasteiger partial charge in [-0.1, -0.05) is 30.7 Å². The molecule has 0 saturated carbocycles. The standard InChI is InChI=1S/C16H27ClN4.HI/c1-6-12(2)20-16(18-3)19-11-15(21(4)5)13-7-9-14(17)10-8-13;/h7-10,12,15H,6,11H2,1-5H3,(H2,18,19,20);1H. The minimum absolute atomic E-state index is 0. The van der Waals surface area contributed by atoms with Crippen LogP contribution in [0.15, 0.2) is 29.3 Å². The summed E-state index contributed by atoms with van der Waals surface area (Å²) in [4.78, 5) is 6.46. The smallest absolute Gasteiger partial charge is 0.191 e. The van der Waals surface area contributed by atoms with Gasteiger partial charge in [-0.05, 0) is 45.1 Å². The van der Waals surface area contributed by atoms with Crippen molar-refractivity contribution in [3.8, 4) is 0 Å². The summed E-state index contributed by atoms with van der Waals surface area (Å²) < 4.78 is 0. The molecule has 0 aliphatic carbocycles. The van der Waals surface area contributed by atoms with Gasteiger partial charge in [-0.2, -0.15) is 0 Å². The van der Waals surface area contributed by atoms with Crippen LogP contribution >= 0.6 is 35.6 Å². The van der Waals surface area contributed by atoms with E-state index in [1.54, 1.807) is 7.05 Å². The Bertz CT molecular complexity index is 448. The van der Waals surface area contributed by atoms with Crippen molar-refractivity contribution in [3.05, 3.63) is 34.9 Å². The Labute approximate surface area is 156 Å². The van der Waals surface area contributed by atoms with E-state index in [4.69, 9.17) is 11.6 Å². The van der Waals surface area contributed by atoms with E-state index in [2.05, 4.69) is 60.6 Å². The third kappa shape index (κ3) is 7.15. The van der Waals surface area contributed by atoms with Crippen LogP contribution in [0.2, 0.25) is 5.02 Å². The van der Waals surface area contributed by atoms with Crippen LogP contribution in [0.3, 0.4) is 0 Å². The van der Waals surface area contributed by atoms with Gasteiger partial charge in [-0.15, -0.1) is 24.0 Å². The fourth-order valence-electron chi connectivity index (χ4n) is 2.01. The summed E-state index contributed by atoms with van der Waals surface area (Å²) in [5.74, 6) is 0.838. The van der Waals surface area contributed by atoms with E-state index >= 15 is 0 Å². The Morgan fingerprint density at radius 1 is 1.27 bits per heavy atom. The van der Waals surface area contributed by atoms with Gasteiger partial charge in [-0.3, -0.25) is 4.99 Å². The Morgan fingerprint density at radius 2 is 1.86 bits per heavy atom. The van der Waals surface area contributed by atoms with Gasteiger partial charge in [-0.25, -0.2) is 0 Å². The molecular formula is C16H28ClIN4. The Balaban J connectivity index is 0.00000441. The molecule has 22 heavy (non-hydrogen) atoms. The minimum Gasteiger partial charge on any atom is -0.354 e. The highest BCUT2D eigenvalue weighted by Gasteiger charge is 2.15. The molecule has 4 nitrogen and oxygen atoms in total. The van der Waals surface area contributed by atoms with Crippen LogP contribution in [0.25, 0.3) is 0 Å². The average Bonchev–Trinajstić information content (AvgIpc) is 2.47. The Hall–Kier alpha value is -0.530. The number of nitrogens with zero attached hydrogens (tertiary/aromatic N) is 2. The molecule has 0 aliphatic rings. The number of aliphatic imine (C=N–C) groups is 1. The third-order valence-corrected chi connectivity index (χ3v) is 3.81. The predicted octanol–water partition coefficient (Wildman–Crippen LogP) is 3.52. The van der Waals surface area contributed by atoms with Crippen molar-refractivity contribution in [2.45, 2.75) is 32.4 Å². The lowest BCUT2D eigenvalue weighted by Gasteiger charge is -2.26. The van der Waals surface area contributed by atoms with Crippen LogP contribution in [-0.2, 0) is 0 Å². The lowest BCUT2D eigenvalue weighted by molar-refractivity contribution is 0.298. The van der Waals surface area contributed by atoms with E-state index in [0.29, 0.717) is 6.04 Å². The van der Waals surface area contributed by atoms with Crippen molar-refractivity contribution >= 4 is 41.5 Å². The molecule has 2 N–H and O–H groups in total. The highest BCUT2D eigenvalue weighted by molar-refractivity contribution is 14.0. The van der Waals surface area contributed by atoms with Gasteiger partial charge in [0.05, 0.1) is 6.04 Å². The molecule has 2 unspecified atom stereocenters. The first kappa shape index (κ1) is 21.5. The summed E-state index contributed by atoms with van der Waals surface area (Å²) in [5.41, 5.74) is 1.23. The van der Waals surface area contributed by atoms with Crippen molar-refractivity contribution in [1.82, 2.24) is 15.5 Å². The minimum atomic E-state index is 0. The first-order valence-corrected chi connectivity index (χ1v) is 7.74. The zero-order valence-corrected chi connectivity index (χ0v) is 17.1. The zero-order chi connectivity index (χ0) is 15.8. The molecule has 6 heteroatoms. The molecule has 2 atom stereocenters. The molecular weight excluding hydrogens is 411 g/mol. The number of guanidine groups is 1. The Morgan fingerprint density at radius 3 is 2.32 bits per heavy atom. The molecule has 1 rings (SSSR count). The van der Waals surface area contributed by atoms with Gasteiger partial charge in [0.25, 0.3) is 0 Å². The van der Waals surface area contributed by atoms with Gasteiger partial charge < -0.3 is 15.5 Å². The maximum Gasteiger partial charge on any atom is 0.191 e. The molecule has 1 aromatic rings. The van der Waals surface area contributed by atoms with Crippen LogP contribution in [0, 0.1) is 0 Å². The quantitative estimate of drug-likeness (QED) is 0.405. The average molecular weight is 439 g/mol. The first-order valence-electron chi connectivity index (χ1n) is 7.37. The fourth-order valence-corrected chi connectivity index (χ4v) is 2.13. The largest absolute Gasteiger partial charge is 0.354 e. The number of nitrogens with one attached hydrogen (secondary N) is 2. The van der Waals surface area contributed by atoms with Gasteiger partial charge in [0.1, 0.15) is 0 Å². The van der Waals surface area contributed by atoms with Crippen LogP contribution < -0.4 is 10.6 Å². The third-order valence-electron chi connectivity index (χ3n) is 3.56. The highest BCUT2D eigenvalue weighted by Crippen LogP contribution is 2.19. The monoisotopic (exact) mass is 438 g/mol. The molecule has 0 bridgehead atoms. The fraction of sp³-hybridized carbons (Fsp3) is 0.562. The molecule has 0 amide bonds. The molecule has 0 heterocycles. The van der Waals surface area contributed by atoms with Crippen LogP contribution in [-0.4, -0.2) is 44.6 Å². The van der Waals surface area contributed by atoms with Crippen LogP contribution in [0.4, 0.5) is 0 Å². The summed E-state index contributed by atoms with van der Waals surface area (Å²) in [6.07, 6.45) is 1.06. The predicted molar refractivity (Wildman–Crippen MR) is 108 cm³/mol. The van der Waals surface area contributed by atoms with E-state index in [0.717, 1.165) is 23.9 Å². The molecule has 0 spiro atoms. The van der Waals surface area contributed by atoms with E-state index in [-0.39, 0.29) is 30.0 Å². The van der Waals surface area contributed by atoms with Gasteiger partial charge in [0, 0.05) is 24.7 Å². The van der Waals surface area contributed by atoms with E-state index < -0.39 is 0 Å². The van der Waals surface area contributed by atoms with Crippen LogP contribution in [0.5, 0.6) is 0 Å². The molecule has 0 fully saturated rings. The SMILES string of the molecule is CCC(C)NC(=NC)NCC(c1ccc(Cl)cc1)N(C)C.I. The molecule has 0 radical (unpaired) electrons. The molecule has 126 valence electrons. The van der Waals surface area contributed by atoms with E-state index in [1.165, 1.54) is 5.56 Å². The maximum atomic E-state index is 5.96. The maximum absolute atomic E-state index is 5.96. The Kier molecular flexibility index (Phi) is 10.8. The van der Waals surface area contributed by atoms with Crippen molar-refractivity contribution in [2.24, 2.45) is 4.99 Å². The number of rotatable bonds is 6.